The quantitative estimate of drug-likeness (QED) is 0.744. The summed E-state index contributed by atoms with van der Waals surface area (Å²) in [6.45, 7) is 3.72. The second kappa shape index (κ2) is 7.17. The molecular weight excluding hydrogens is 354 g/mol. The third kappa shape index (κ3) is 3.41. The van der Waals surface area contributed by atoms with E-state index in [1.54, 1.807) is 18.2 Å². The van der Waals surface area contributed by atoms with Crippen LogP contribution in [-0.2, 0) is 11.3 Å². The van der Waals surface area contributed by atoms with Crippen LogP contribution >= 0.6 is 11.3 Å². The molecule has 8 heteroatoms. The Hall–Kier alpha value is -2.87. The van der Waals surface area contributed by atoms with Crippen LogP contribution in [0.1, 0.15) is 10.4 Å². The van der Waals surface area contributed by atoms with Crippen molar-refractivity contribution in [2.75, 3.05) is 19.5 Å². The number of hydrogen-bond acceptors (Lipinski definition) is 6. The summed E-state index contributed by atoms with van der Waals surface area (Å²) in [4.78, 5) is 31.1. The van der Waals surface area contributed by atoms with Gasteiger partial charge in [-0.15, -0.1) is 11.3 Å². The molecule has 0 spiro atoms. The van der Waals surface area contributed by atoms with Crippen molar-refractivity contribution in [1.29, 1.82) is 0 Å². The topological polar surface area (TPSA) is 82.5 Å². The van der Waals surface area contributed by atoms with Gasteiger partial charge in [0.2, 0.25) is 5.91 Å². The van der Waals surface area contributed by atoms with Crippen molar-refractivity contribution in [2.24, 2.45) is 0 Å². The molecule has 0 aliphatic carbocycles. The highest BCUT2D eigenvalue weighted by Crippen LogP contribution is 2.26. The molecule has 0 fully saturated rings. The Balaban J connectivity index is 1.85. The fourth-order valence-corrected chi connectivity index (χ4v) is 3.60. The SMILES string of the molecule is COc1cc(NC(=O)Cn2cnc3sc(C)c(C)c3c2=O)cc(OC)c1. The van der Waals surface area contributed by atoms with E-state index in [0.717, 1.165) is 10.4 Å². The number of methoxy groups -OCH3 is 2. The zero-order valence-electron chi connectivity index (χ0n) is 15.0. The number of amides is 1. The molecule has 0 saturated heterocycles. The molecule has 0 unspecified atom stereocenters. The lowest BCUT2D eigenvalue weighted by Crippen LogP contribution is -2.27. The number of nitrogens with one attached hydrogen (secondary N) is 1. The minimum absolute atomic E-state index is 0.129. The van der Waals surface area contributed by atoms with Crippen LogP contribution in [0.25, 0.3) is 10.2 Å². The molecule has 26 heavy (non-hydrogen) atoms. The highest BCUT2D eigenvalue weighted by atomic mass is 32.1. The molecule has 1 amide bonds. The number of thiophene rings is 1. The van der Waals surface area contributed by atoms with Crippen LogP contribution in [0.2, 0.25) is 0 Å². The Morgan fingerprint density at radius 3 is 2.46 bits per heavy atom. The normalized spacial score (nSPS) is 10.8. The van der Waals surface area contributed by atoms with E-state index in [1.807, 2.05) is 13.8 Å². The van der Waals surface area contributed by atoms with E-state index in [4.69, 9.17) is 9.47 Å². The van der Waals surface area contributed by atoms with Crippen LogP contribution in [0.3, 0.4) is 0 Å². The van der Waals surface area contributed by atoms with Gasteiger partial charge in [0.05, 0.1) is 25.9 Å². The number of hydrogen-bond donors (Lipinski definition) is 1. The molecule has 2 heterocycles. The molecule has 1 N–H and O–H groups in total. The van der Waals surface area contributed by atoms with Crippen molar-refractivity contribution in [3.63, 3.8) is 0 Å². The average molecular weight is 373 g/mol. The number of carbonyl (C=O) groups is 1. The molecule has 3 rings (SSSR count). The average Bonchev–Trinajstić information content (AvgIpc) is 2.91. The summed E-state index contributed by atoms with van der Waals surface area (Å²) >= 11 is 1.48. The number of aromatic nitrogens is 2. The van der Waals surface area contributed by atoms with Gasteiger partial charge in [-0.1, -0.05) is 0 Å². The van der Waals surface area contributed by atoms with Gasteiger partial charge < -0.3 is 14.8 Å². The van der Waals surface area contributed by atoms with Crippen LogP contribution in [0.4, 0.5) is 5.69 Å². The molecule has 0 atom stereocenters. The second-order valence-electron chi connectivity index (χ2n) is 5.79. The lowest BCUT2D eigenvalue weighted by Gasteiger charge is -2.10. The van der Waals surface area contributed by atoms with Crippen molar-refractivity contribution >= 4 is 33.1 Å². The maximum atomic E-state index is 12.7. The summed E-state index contributed by atoms with van der Waals surface area (Å²) in [6.07, 6.45) is 1.41. The van der Waals surface area contributed by atoms with E-state index >= 15 is 0 Å². The molecule has 7 nitrogen and oxygen atoms in total. The van der Waals surface area contributed by atoms with Gasteiger partial charge in [-0.25, -0.2) is 4.98 Å². The first-order valence-corrected chi connectivity index (χ1v) is 8.72. The van der Waals surface area contributed by atoms with Crippen molar-refractivity contribution in [2.45, 2.75) is 20.4 Å². The standard InChI is InChI=1S/C18H19N3O4S/c1-10-11(2)26-17-16(10)18(23)21(9-19-17)8-15(22)20-12-5-13(24-3)7-14(6-12)25-4/h5-7,9H,8H2,1-4H3,(H,20,22). The van der Waals surface area contributed by atoms with Gasteiger partial charge in [0.1, 0.15) is 22.9 Å². The molecule has 136 valence electrons. The Morgan fingerprint density at radius 1 is 1.19 bits per heavy atom. The van der Waals surface area contributed by atoms with E-state index in [2.05, 4.69) is 10.3 Å². The number of anilines is 1. The summed E-state index contributed by atoms with van der Waals surface area (Å²) in [6, 6.07) is 5.06. The van der Waals surface area contributed by atoms with Gasteiger partial charge >= 0.3 is 0 Å². The van der Waals surface area contributed by atoms with Crippen LogP contribution in [-0.4, -0.2) is 29.7 Å². The fraction of sp³-hybridized carbons (Fsp3) is 0.278. The first-order chi connectivity index (χ1) is 12.4. The number of rotatable bonds is 5. The largest absolute Gasteiger partial charge is 0.497 e. The van der Waals surface area contributed by atoms with Gasteiger partial charge in [0.15, 0.2) is 0 Å². The first kappa shape index (κ1) is 17.9. The Morgan fingerprint density at radius 2 is 1.85 bits per heavy atom. The predicted octanol–water partition coefficient (Wildman–Crippen LogP) is 2.73. The van der Waals surface area contributed by atoms with Gasteiger partial charge in [-0.05, 0) is 19.4 Å². The van der Waals surface area contributed by atoms with Gasteiger partial charge in [0, 0.05) is 28.8 Å². The molecule has 3 aromatic rings. The smallest absolute Gasteiger partial charge is 0.262 e. The summed E-state index contributed by atoms with van der Waals surface area (Å²) in [7, 11) is 3.07. The molecule has 1 aromatic carbocycles. The zero-order valence-corrected chi connectivity index (χ0v) is 15.8. The number of carbonyl (C=O) groups excluding carboxylic acids is 1. The summed E-state index contributed by atoms with van der Waals surface area (Å²) in [5, 5.41) is 3.33. The Labute approximate surface area is 154 Å². The van der Waals surface area contributed by atoms with E-state index in [-0.39, 0.29) is 18.0 Å². The predicted molar refractivity (Wildman–Crippen MR) is 102 cm³/mol. The molecule has 0 bridgehead atoms. The van der Waals surface area contributed by atoms with Gasteiger partial charge in [-0.3, -0.25) is 14.2 Å². The van der Waals surface area contributed by atoms with E-state index < -0.39 is 0 Å². The van der Waals surface area contributed by atoms with Gasteiger partial charge in [-0.2, -0.15) is 0 Å². The number of nitrogens with zero attached hydrogens (tertiary/aromatic N) is 2. The molecule has 0 saturated carbocycles. The van der Waals surface area contributed by atoms with Crippen LogP contribution in [0.15, 0.2) is 29.3 Å². The van der Waals surface area contributed by atoms with Crippen molar-refractivity contribution in [3.8, 4) is 11.5 Å². The third-order valence-corrected chi connectivity index (χ3v) is 5.22. The molecule has 0 aliphatic heterocycles. The maximum Gasteiger partial charge on any atom is 0.262 e. The molecule has 0 radical (unpaired) electrons. The van der Waals surface area contributed by atoms with Crippen molar-refractivity contribution < 1.29 is 14.3 Å². The van der Waals surface area contributed by atoms with Crippen LogP contribution in [0, 0.1) is 13.8 Å². The van der Waals surface area contributed by atoms with Crippen LogP contribution in [0.5, 0.6) is 11.5 Å². The van der Waals surface area contributed by atoms with Crippen LogP contribution < -0.4 is 20.3 Å². The van der Waals surface area contributed by atoms with E-state index in [0.29, 0.717) is 27.4 Å². The number of fused-ring (bicyclic) bond motifs is 1. The first-order valence-electron chi connectivity index (χ1n) is 7.91. The van der Waals surface area contributed by atoms with E-state index in [1.165, 1.54) is 36.5 Å². The molecular formula is C18H19N3O4S. The summed E-state index contributed by atoms with van der Waals surface area (Å²) < 4.78 is 11.7. The molecule has 2 aromatic heterocycles. The molecule has 0 aliphatic rings. The lowest BCUT2D eigenvalue weighted by molar-refractivity contribution is -0.116. The second-order valence-corrected chi connectivity index (χ2v) is 6.99. The Kier molecular flexibility index (Phi) is 4.94. The zero-order chi connectivity index (χ0) is 18.8. The highest BCUT2D eigenvalue weighted by molar-refractivity contribution is 7.18. The maximum absolute atomic E-state index is 12.7. The van der Waals surface area contributed by atoms with Gasteiger partial charge in [0.25, 0.3) is 5.56 Å². The van der Waals surface area contributed by atoms with Crippen molar-refractivity contribution in [3.05, 3.63) is 45.3 Å². The minimum atomic E-state index is -0.340. The fourth-order valence-electron chi connectivity index (χ4n) is 2.62. The number of ether oxygens (including phenoxy) is 2. The van der Waals surface area contributed by atoms with E-state index in [9.17, 15) is 9.59 Å². The summed E-state index contributed by atoms with van der Waals surface area (Å²) in [5.41, 5.74) is 1.22. The lowest BCUT2D eigenvalue weighted by atomic mass is 10.2. The minimum Gasteiger partial charge on any atom is -0.497 e. The third-order valence-electron chi connectivity index (χ3n) is 4.10. The number of benzene rings is 1. The Bertz CT molecular complexity index is 1020. The monoisotopic (exact) mass is 373 g/mol. The highest BCUT2D eigenvalue weighted by Gasteiger charge is 2.14. The van der Waals surface area contributed by atoms with Crippen molar-refractivity contribution in [1.82, 2.24) is 9.55 Å². The number of aryl methyl sites for hydroxylation is 2. The summed E-state index contributed by atoms with van der Waals surface area (Å²) in [5.74, 6) is 0.779.